The molecule has 0 aliphatic rings. The molecular formula is C10H14N2O5. The molecule has 0 aromatic carbocycles. The van der Waals surface area contributed by atoms with Crippen LogP contribution < -0.4 is 10.6 Å². The van der Waals surface area contributed by atoms with Crippen LogP contribution in [0.15, 0.2) is 0 Å². The zero-order valence-electron chi connectivity index (χ0n) is 9.48. The van der Waals surface area contributed by atoms with Crippen molar-refractivity contribution in [3.63, 3.8) is 0 Å². The summed E-state index contributed by atoms with van der Waals surface area (Å²) in [5.41, 5.74) is -0.948. The summed E-state index contributed by atoms with van der Waals surface area (Å²) in [5, 5.41) is 21.5. The predicted molar refractivity (Wildman–Crippen MR) is 58.3 cm³/mol. The molecule has 0 heterocycles. The van der Waals surface area contributed by atoms with Crippen LogP contribution in [-0.2, 0) is 9.59 Å². The molecule has 94 valence electrons. The lowest BCUT2D eigenvalue weighted by Gasteiger charge is -2.21. The topological polar surface area (TPSA) is 116 Å². The third kappa shape index (κ3) is 6.04. The van der Waals surface area contributed by atoms with Crippen molar-refractivity contribution >= 4 is 18.0 Å². The second kappa shape index (κ2) is 5.75. The average Bonchev–Trinajstić information content (AvgIpc) is 2.15. The second-order valence-corrected chi connectivity index (χ2v) is 3.86. The fourth-order valence-corrected chi connectivity index (χ4v) is 0.889. The van der Waals surface area contributed by atoms with E-state index in [4.69, 9.17) is 16.6 Å². The average molecular weight is 242 g/mol. The van der Waals surface area contributed by atoms with Gasteiger partial charge in [0.25, 0.3) is 0 Å². The molecular weight excluding hydrogens is 228 g/mol. The van der Waals surface area contributed by atoms with Gasteiger partial charge in [-0.15, -0.1) is 6.42 Å². The van der Waals surface area contributed by atoms with E-state index in [-0.39, 0.29) is 0 Å². The minimum atomic E-state index is -1.50. The number of carbonyl (C=O) groups excluding carboxylic acids is 1. The van der Waals surface area contributed by atoms with Gasteiger partial charge >= 0.3 is 18.0 Å². The predicted octanol–water partition coefficient (Wildman–Crippen LogP) is -0.375. The molecule has 17 heavy (non-hydrogen) atoms. The molecule has 0 bridgehead atoms. The molecule has 0 aliphatic carbocycles. The number of amides is 2. The molecule has 0 saturated heterocycles. The first-order valence-electron chi connectivity index (χ1n) is 4.69. The van der Waals surface area contributed by atoms with Crippen molar-refractivity contribution in [2.75, 3.05) is 0 Å². The lowest BCUT2D eigenvalue weighted by Crippen LogP contribution is -2.52. The van der Waals surface area contributed by atoms with Crippen LogP contribution in [0.25, 0.3) is 0 Å². The molecule has 0 rings (SSSR count). The molecule has 0 spiro atoms. The highest BCUT2D eigenvalue weighted by molar-refractivity contribution is 5.86. The van der Waals surface area contributed by atoms with E-state index < -0.39 is 36.0 Å². The van der Waals surface area contributed by atoms with E-state index in [1.165, 1.54) is 0 Å². The number of hydrogen-bond donors (Lipinski definition) is 4. The summed E-state index contributed by atoms with van der Waals surface area (Å²) in [4.78, 5) is 32.4. The van der Waals surface area contributed by atoms with Gasteiger partial charge in [-0.25, -0.2) is 9.59 Å². The van der Waals surface area contributed by atoms with Gasteiger partial charge in [0, 0.05) is 0 Å². The fraction of sp³-hybridized carbons (Fsp3) is 0.500. The Bertz CT molecular complexity index is 369. The molecule has 0 radical (unpaired) electrons. The molecule has 2 amide bonds. The number of terminal acetylenes is 1. The van der Waals surface area contributed by atoms with Gasteiger partial charge in [0.1, 0.15) is 6.04 Å². The molecule has 0 fully saturated rings. The van der Waals surface area contributed by atoms with E-state index in [0.29, 0.717) is 0 Å². The summed E-state index contributed by atoms with van der Waals surface area (Å²) in [5.74, 6) is -0.475. The Labute approximate surface area is 98.2 Å². The van der Waals surface area contributed by atoms with Crippen molar-refractivity contribution in [1.29, 1.82) is 0 Å². The summed E-state index contributed by atoms with van der Waals surface area (Å²) >= 11 is 0. The molecule has 0 aromatic heterocycles. The highest BCUT2D eigenvalue weighted by atomic mass is 16.4. The number of aliphatic carboxylic acids is 2. The largest absolute Gasteiger partial charge is 0.481 e. The van der Waals surface area contributed by atoms with Gasteiger partial charge < -0.3 is 20.8 Å². The third-order valence-corrected chi connectivity index (χ3v) is 1.77. The summed E-state index contributed by atoms with van der Waals surface area (Å²) in [6, 6.07) is -2.33. The molecule has 4 N–H and O–H groups in total. The van der Waals surface area contributed by atoms with E-state index in [0.717, 1.165) is 0 Å². The smallest absolute Gasteiger partial charge is 0.326 e. The molecule has 0 aliphatic heterocycles. The number of carboxylic acids is 2. The minimum absolute atomic E-state index is 0.709. The van der Waals surface area contributed by atoms with E-state index in [1.54, 1.807) is 13.8 Å². The van der Waals surface area contributed by atoms with E-state index >= 15 is 0 Å². The number of nitrogens with one attached hydrogen (secondary N) is 2. The summed E-state index contributed by atoms with van der Waals surface area (Å²) in [6.07, 6.45) is 4.41. The molecule has 0 saturated carbocycles. The Morgan fingerprint density at radius 3 is 2.24 bits per heavy atom. The van der Waals surface area contributed by atoms with Gasteiger partial charge in [-0.3, -0.25) is 4.79 Å². The highest BCUT2D eigenvalue weighted by Gasteiger charge is 2.25. The number of carbonyl (C=O) groups is 3. The SMILES string of the molecule is C#CC(C)(C)NC(=O)N[C@H](CC(=O)O)C(=O)O. The fourth-order valence-electron chi connectivity index (χ4n) is 0.889. The van der Waals surface area contributed by atoms with Gasteiger partial charge in [-0.05, 0) is 13.8 Å². The maximum atomic E-state index is 11.3. The van der Waals surface area contributed by atoms with E-state index in [9.17, 15) is 14.4 Å². The van der Waals surface area contributed by atoms with Crippen LogP contribution in [0, 0.1) is 12.3 Å². The van der Waals surface area contributed by atoms with Crippen molar-refractivity contribution in [3.8, 4) is 12.3 Å². The van der Waals surface area contributed by atoms with Crippen LogP contribution in [0.1, 0.15) is 20.3 Å². The maximum absolute atomic E-state index is 11.3. The van der Waals surface area contributed by atoms with Gasteiger partial charge in [-0.2, -0.15) is 0 Å². The molecule has 7 heteroatoms. The molecule has 0 unspecified atom stereocenters. The first kappa shape index (κ1) is 14.8. The summed E-state index contributed by atoms with van der Waals surface area (Å²) in [7, 11) is 0. The van der Waals surface area contributed by atoms with Crippen LogP contribution in [0.2, 0.25) is 0 Å². The van der Waals surface area contributed by atoms with Crippen molar-refractivity contribution < 1.29 is 24.6 Å². The monoisotopic (exact) mass is 242 g/mol. The van der Waals surface area contributed by atoms with Gasteiger partial charge in [-0.1, -0.05) is 5.92 Å². The first-order chi connectivity index (χ1) is 7.68. The number of hydrogen-bond acceptors (Lipinski definition) is 3. The van der Waals surface area contributed by atoms with E-state index in [2.05, 4.69) is 11.2 Å². The van der Waals surface area contributed by atoms with Crippen LogP contribution in [0.4, 0.5) is 4.79 Å². The number of carboxylic acid groups (broad SMARTS) is 2. The minimum Gasteiger partial charge on any atom is -0.481 e. The van der Waals surface area contributed by atoms with Crippen LogP contribution in [-0.4, -0.2) is 39.8 Å². The zero-order chi connectivity index (χ0) is 13.6. The Morgan fingerprint density at radius 2 is 1.88 bits per heavy atom. The third-order valence-electron chi connectivity index (χ3n) is 1.77. The van der Waals surface area contributed by atoms with Crippen LogP contribution in [0.3, 0.4) is 0 Å². The lowest BCUT2D eigenvalue weighted by molar-refractivity contribution is -0.145. The second-order valence-electron chi connectivity index (χ2n) is 3.86. The van der Waals surface area contributed by atoms with Gasteiger partial charge in [0.05, 0.1) is 12.0 Å². The van der Waals surface area contributed by atoms with Crippen molar-refractivity contribution in [1.82, 2.24) is 10.6 Å². The Kier molecular flexibility index (Phi) is 4.99. The lowest BCUT2D eigenvalue weighted by atomic mass is 10.1. The molecule has 0 aromatic rings. The number of urea groups is 1. The van der Waals surface area contributed by atoms with Gasteiger partial charge in [0.2, 0.25) is 0 Å². The molecule has 7 nitrogen and oxygen atoms in total. The maximum Gasteiger partial charge on any atom is 0.326 e. The first-order valence-corrected chi connectivity index (χ1v) is 4.69. The Morgan fingerprint density at radius 1 is 1.35 bits per heavy atom. The van der Waals surface area contributed by atoms with Crippen molar-refractivity contribution in [3.05, 3.63) is 0 Å². The van der Waals surface area contributed by atoms with E-state index in [1.807, 2.05) is 5.32 Å². The highest BCUT2D eigenvalue weighted by Crippen LogP contribution is 1.99. The number of rotatable bonds is 5. The Hall–Kier alpha value is -2.23. The molecule has 1 atom stereocenters. The normalized spacial score (nSPS) is 12.1. The van der Waals surface area contributed by atoms with Crippen molar-refractivity contribution in [2.45, 2.75) is 31.8 Å². The van der Waals surface area contributed by atoms with Crippen LogP contribution in [0.5, 0.6) is 0 Å². The Balaban J connectivity index is 4.48. The quantitative estimate of drug-likeness (QED) is 0.491. The summed E-state index contributed by atoms with van der Waals surface area (Å²) < 4.78 is 0. The van der Waals surface area contributed by atoms with Crippen LogP contribution >= 0.6 is 0 Å². The van der Waals surface area contributed by atoms with Gasteiger partial charge in [0.15, 0.2) is 0 Å². The standard InChI is InChI=1S/C10H14N2O5/c1-4-10(2,3)12-9(17)11-6(8(15)16)5-7(13)14/h1,6H,5H2,2-3H3,(H,13,14)(H,15,16)(H2,11,12,17)/t6-/m1/s1. The summed E-state index contributed by atoms with van der Waals surface area (Å²) in [6.45, 7) is 3.08. The zero-order valence-corrected chi connectivity index (χ0v) is 9.48. The van der Waals surface area contributed by atoms with Crippen molar-refractivity contribution in [2.24, 2.45) is 0 Å².